The molecule has 0 bridgehead atoms. The Kier molecular flexibility index (Phi) is 2.11. The van der Waals surface area contributed by atoms with Crippen LogP contribution in [0.15, 0.2) is 24.3 Å². The van der Waals surface area contributed by atoms with E-state index >= 15 is 0 Å². The third kappa shape index (κ3) is 1.70. The van der Waals surface area contributed by atoms with E-state index in [2.05, 4.69) is 6.07 Å². The number of primary amides is 1. The van der Waals surface area contributed by atoms with Crippen LogP contribution in [0.3, 0.4) is 0 Å². The van der Waals surface area contributed by atoms with Crippen molar-refractivity contribution in [2.75, 3.05) is 11.9 Å². The molecule has 57 valence electrons. The average molecular weight is 149 g/mol. The Morgan fingerprint density at radius 3 is 2.82 bits per heavy atom. The molecule has 11 heavy (non-hydrogen) atoms. The molecule has 3 heteroatoms. The average Bonchev–Trinajstić information content (AvgIpc) is 2.05. The normalized spacial score (nSPS) is 9.18. The van der Waals surface area contributed by atoms with Gasteiger partial charge in [-0.3, -0.25) is 4.90 Å². The minimum atomic E-state index is -0.479. The number of para-hydroxylation sites is 1. The van der Waals surface area contributed by atoms with E-state index in [1.807, 2.05) is 12.1 Å². The maximum Gasteiger partial charge on any atom is 0.319 e. The van der Waals surface area contributed by atoms with Crippen LogP contribution in [-0.4, -0.2) is 13.1 Å². The van der Waals surface area contributed by atoms with Crippen molar-refractivity contribution in [3.8, 4) is 0 Å². The van der Waals surface area contributed by atoms with Crippen molar-refractivity contribution in [1.29, 1.82) is 0 Å². The summed E-state index contributed by atoms with van der Waals surface area (Å²) in [6, 6.07) is 9.55. The number of urea groups is 1. The van der Waals surface area contributed by atoms with E-state index in [1.54, 1.807) is 19.2 Å². The predicted octanol–water partition coefficient (Wildman–Crippen LogP) is 1.00. The summed E-state index contributed by atoms with van der Waals surface area (Å²) in [6.07, 6.45) is 0. The Morgan fingerprint density at radius 1 is 1.64 bits per heavy atom. The summed E-state index contributed by atoms with van der Waals surface area (Å²) in [5.74, 6) is 0. The first-order chi connectivity index (χ1) is 5.22. The molecule has 0 fully saturated rings. The highest BCUT2D eigenvalue weighted by molar-refractivity contribution is 5.89. The Hall–Kier alpha value is -1.51. The number of anilines is 1. The number of carbonyl (C=O) groups is 1. The minimum Gasteiger partial charge on any atom is -0.351 e. The molecule has 2 amide bonds. The van der Waals surface area contributed by atoms with Gasteiger partial charge in [0.1, 0.15) is 0 Å². The second-order valence-electron chi connectivity index (χ2n) is 2.15. The summed E-state index contributed by atoms with van der Waals surface area (Å²) in [5, 5.41) is 0. The van der Waals surface area contributed by atoms with E-state index < -0.39 is 6.03 Å². The van der Waals surface area contributed by atoms with E-state index in [4.69, 9.17) is 5.73 Å². The van der Waals surface area contributed by atoms with Gasteiger partial charge in [0.25, 0.3) is 0 Å². The first-order valence-electron chi connectivity index (χ1n) is 3.21. The molecule has 0 saturated carbocycles. The van der Waals surface area contributed by atoms with Crippen LogP contribution in [0.5, 0.6) is 0 Å². The van der Waals surface area contributed by atoms with Gasteiger partial charge in [-0.2, -0.15) is 0 Å². The lowest BCUT2D eigenvalue weighted by Gasteiger charge is -2.12. The quantitative estimate of drug-likeness (QED) is 0.636. The van der Waals surface area contributed by atoms with E-state index in [9.17, 15) is 4.79 Å². The van der Waals surface area contributed by atoms with E-state index in [1.165, 1.54) is 4.90 Å². The van der Waals surface area contributed by atoms with Gasteiger partial charge in [-0.1, -0.05) is 18.2 Å². The number of amides is 2. The molecule has 0 heterocycles. The zero-order chi connectivity index (χ0) is 8.27. The van der Waals surface area contributed by atoms with Crippen LogP contribution in [-0.2, 0) is 0 Å². The second-order valence-corrected chi connectivity index (χ2v) is 2.15. The van der Waals surface area contributed by atoms with Crippen LogP contribution in [0.4, 0.5) is 10.5 Å². The fourth-order valence-corrected chi connectivity index (χ4v) is 0.711. The molecule has 0 unspecified atom stereocenters. The summed E-state index contributed by atoms with van der Waals surface area (Å²) >= 11 is 0. The number of rotatable bonds is 1. The molecule has 3 nitrogen and oxygen atoms in total. The van der Waals surface area contributed by atoms with Crippen molar-refractivity contribution >= 4 is 11.7 Å². The molecule has 1 radical (unpaired) electrons. The number of nitrogens with zero attached hydrogens (tertiary/aromatic N) is 1. The maximum atomic E-state index is 10.6. The molecule has 1 rings (SSSR count). The van der Waals surface area contributed by atoms with Crippen LogP contribution in [0.2, 0.25) is 0 Å². The van der Waals surface area contributed by atoms with Crippen LogP contribution in [0.25, 0.3) is 0 Å². The Labute approximate surface area is 65.4 Å². The molecule has 0 atom stereocenters. The highest BCUT2D eigenvalue weighted by Gasteiger charge is 2.03. The van der Waals surface area contributed by atoms with Crippen molar-refractivity contribution in [2.24, 2.45) is 5.73 Å². The molecule has 0 saturated heterocycles. The monoisotopic (exact) mass is 149 g/mol. The van der Waals surface area contributed by atoms with Crippen LogP contribution < -0.4 is 10.6 Å². The molecule has 0 aliphatic rings. The van der Waals surface area contributed by atoms with Crippen molar-refractivity contribution in [1.82, 2.24) is 0 Å². The standard InChI is InChI=1S/C8H9N2O/c1-10(8(9)11)7-5-3-2-4-6-7/h2-5H,1H3,(H2,9,11). The lowest BCUT2D eigenvalue weighted by Crippen LogP contribution is -2.31. The largest absolute Gasteiger partial charge is 0.351 e. The zero-order valence-electron chi connectivity index (χ0n) is 6.24. The van der Waals surface area contributed by atoms with Gasteiger partial charge in [-0.15, -0.1) is 0 Å². The number of hydrogen-bond acceptors (Lipinski definition) is 1. The van der Waals surface area contributed by atoms with Gasteiger partial charge < -0.3 is 5.73 Å². The van der Waals surface area contributed by atoms with E-state index in [-0.39, 0.29) is 0 Å². The van der Waals surface area contributed by atoms with Gasteiger partial charge in [-0.05, 0) is 6.07 Å². The summed E-state index contributed by atoms with van der Waals surface area (Å²) in [4.78, 5) is 12.0. The molecule has 0 aromatic heterocycles. The first kappa shape index (κ1) is 7.60. The van der Waals surface area contributed by atoms with Gasteiger partial charge in [0.2, 0.25) is 0 Å². The summed E-state index contributed by atoms with van der Waals surface area (Å²) in [6.45, 7) is 0. The molecular weight excluding hydrogens is 140 g/mol. The van der Waals surface area contributed by atoms with Gasteiger partial charge >= 0.3 is 6.03 Å². The van der Waals surface area contributed by atoms with Gasteiger partial charge in [0.05, 0.1) is 5.69 Å². The highest BCUT2D eigenvalue weighted by atomic mass is 16.2. The molecule has 0 aliphatic carbocycles. The van der Waals surface area contributed by atoms with Crippen molar-refractivity contribution in [3.05, 3.63) is 30.3 Å². The summed E-state index contributed by atoms with van der Waals surface area (Å²) in [5.41, 5.74) is 5.72. The highest BCUT2D eigenvalue weighted by Crippen LogP contribution is 2.08. The van der Waals surface area contributed by atoms with Crippen molar-refractivity contribution in [2.45, 2.75) is 0 Å². The van der Waals surface area contributed by atoms with Crippen molar-refractivity contribution in [3.63, 3.8) is 0 Å². The second kappa shape index (κ2) is 3.05. The Morgan fingerprint density at radius 2 is 2.36 bits per heavy atom. The smallest absolute Gasteiger partial charge is 0.319 e. The third-order valence-electron chi connectivity index (χ3n) is 1.38. The number of nitrogens with two attached hydrogens (primary N) is 1. The molecule has 1 aromatic rings. The van der Waals surface area contributed by atoms with Gasteiger partial charge in [-0.25, -0.2) is 4.79 Å². The Balaban J connectivity index is 2.85. The van der Waals surface area contributed by atoms with Crippen LogP contribution in [0, 0.1) is 6.07 Å². The number of hydrogen-bond donors (Lipinski definition) is 1. The lowest BCUT2D eigenvalue weighted by molar-refractivity contribution is 0.255. The van der Waals surface area contributed by atoms with Crippen LogP contribution >= 0.6 is 0 Å². The molecule has 1 aromatic carbocycles. The number of carbonyl (C=O) groups excluding carboxylic acids is 1. The molecule has 0 spiro atoms. The fraction of sp³-hybridized carbons (Fsp3) is 0.125. The minimum absolute atomic E-state index is 0.479. The summed E-state index contributed by atoms with van der Waals surface area (Å²) in [7, 11) is 1.61. The molecular formula is C8H9N2O. The summed E-state index contributed by atoms with van der Waals surface area (Å²) < 4.78 is 0. The predicted molar refractivity (Wildman–Crippen MR) is 43.3 cm³/mol. The Bertz CT molecular complexity index is 246. The molecule has 0 aliphatic heterocycles. The topological polar surface area (TPSA) is 46.3 Å². The molecule has 2 N–H and O–H groups in total. The van der Waals surface area contributed by atoms with Crippen LogP contribution in [0.1, 0.15) is 0 Å². The maximum absolute atomic E-state index is 10.6. The van der Waals surface area contributed by atoms with E-state index in [0.29, 0.717) is 5.69 Å². The van der Waals surface area contributed by atoms with E-state index in [0.717, 1.165) is 0 Å². The third-order valence-corrected chi connectivity index (χ3v) is 1.38. The zero-order valence-corrected chi connectivity index (χ0v) is 6.24. The van der Waals surface area contributed by atoms with Gasteiger partial charge in [0.15, 0.2) is 0 Å². The first-order valence-corrected chi connectivity index (χ1v) is 3.21. The fourth-order valence-electron chi connectivity index (χ4n) is 0.711. The number of benzene rings is 1. The SMILES string of the molecule is CN(C(N)=O)c1[c]cccc1. The van der Waals surface area contributed by atoms with Crippen molar-refractivity contribution < 1.29 is 4.79 Å². The lowest BCUT2D eigenvalue weighted by atomic mass is 10.3. The van der Waals surface area contributed by atoms with Gasteiger partial charge in [0, 0.05) is 13.1 Å².